The van der Waals surface area contributed by atoms with Gasteiger partial charge in [0.2, 0.25) is 0 Å². The SMILES string of the molecule is CCC1(Cc2ccccc2)OC2C(OC3CCC4(C=O)C5CCC6(C)C(c7ccc(=O)oc7)CCC6(O)C5CCC4(O)C3)OC(C)C(O)C2O1. The van der Waals surface area contributed by atoms with E-state index in [1.165, 1.54) is 12.3 Å². The Morgan fingerprint density at radius 2 is 1.70 bits per heavy atom. The Morgan fingerprint density at radius 1 is 0.940 bits per heavy atom. The Labute approximate surface area is 293 Å². The van der Waals surface area contributed by atoms with Crippen LogP contribution in [0.2, 0.25) is 0 Å². The molecule has 1 aromatic carbocycles. The maximum absolute atomic E-state index is 13.3. The molecule has 0 radical (unpaired) electrons. The lowest BCUT2D eigenvalue weighted by molar-refractivity contribution is -0.303. The molecule has 2 aliphatic heterocycles. The number of carbonyl (C=O) groups excluding carboxylic acids is 1. The zero-order chi connectivity index (χ0) is 35.1. The van der Waals surface area contributed by atoms with Crippen molar-refractivity contribution in [2.45, 2.75) is 151 Å². The fourth-order valence-electron chi connectivity index (χ4n) is 11.7. The van der Waals surface area contributed by atoms with Crippen molar-refractivity contribution in [3.8, 4) is 0 Å². The molecule has 6 aliphatic rings. The van der Waals surface area contributed by atoms with Crippen molar-refractivity contribution >= 4 is 6.29 Å². The van der Waals surface area contributed by atoms with Gasteiger partial charge in [0.05, 0.1) is 35.1 Å². The quantitative estimate of drug-likeness (QED) is 0.274. The van der Waals surface area contributed by atoms with E-state index >= 15 is 0 Å². The van der Waals surface area contributed by atoms with Gasteiger partial charge in [-0.15, -0.1) is 0 Å². The second kappa shape index (κ2) is 12.3. The highest BCUT2D eigenvalue weighted by Crippen LogP contribution is 2.71. The van der Waals surface area contributed by atoms with Crippen LogP contribution in [-0.2, 0) is 30.2 Å². The minimum absolute atomic E-state index is 0.0380. The van der Waals surface area contributed by atoms with Crippen LogP contribution in [0.1, 0.15) is 102 Å². The number of fused-ring (bicyclic) bond motifs is 6. The highest BCUT2D eigenvalue weighted by Gasteiger charge is 2.71. The van der Waals surface area contributed by atoms with E-state index in [0.717, 1.165) is 30.3 Å². The van der Waals surface area contributed by atoms with Crippen molar-refractivity contribution in [2.75, 3.05) is 0 Å². The van der Waals surface area contributed by atoms with E-state index in [-0.39, 0.29) is 24.2 Å². The predicted molar refractivity (Wildman–Crippen MR) is 181 cm³/mol. The third-order valence-corrected chi connectivity index (χ3v) is 14.5. The molecule has 8 rings (SSSR count). The lowest BCUT2D eigenvalue weighted by atomic mass is 9.41. The third kappa shape index (κ3) is 5.07. The molecule has 0 bridgehead atoms. The first-order valence-electron chi connectivity index (χ1n) is 18.8. The van der Waals surface area contributed by atoms with Crippen LogP contribution < -0.4 is 5.63 Å². The molecule has 272 valence electrons. The number of benzene rings is 1. The number of aldehydes is 1. The van der Waals surface area contributed by atoms with Crippen molar-refractivity contribution in [2.24, 2.45) is 22.7 Å². The molecular weight excluding hydrogens is 640 g/mol. The van der Waals surface area contributed by atoms with Gasteiger partial charge in [-0.05, 0) is 99.7 Å². The fraction of sp³-hybridized carbons (Fsp3) is 0.700. The molecule has 10 heteroatoms. The first kappa shape index (κ1) is 34.6. The van der Waals surface area contributed by atoms with E-state index in [1.54, 1.807) is 6.92 Å². The summed E-state index contributed by atoms with van der Waals surface area (Å²) in [5.74, 6) is -1.20. The van der Waals surface area contributed by atoms with Gasteiger partial charge in [-0.25, -0.2) is 4.79 Å². The Hall–Kier alpha value is -2.44. The van der Waals surface area contributed by atoms with Crippen molar-refractivity contribution < 1.29 is 43.5 Å². The van der Waals surface area contributed by atoms with Gasteiger partial charge in [0, 0.05) is 24.3 Å². The van der Waals surface area contributed by atoms with Crippen LogP contribution in [0.4, 0.5) is 0 Å². The van der Waals surface area contributed by atoms with E-state index in [1.807, 2.05) is 43.3 Å². The average molecular weight is 693 g/mol. The molecule has 4 saturated carbocycles. The average Bonchev–Trinajstić information content (AvgIpc) is 3.63. The maximum Gasteiger partial charge on any atom is 0.335 e. The predicted octanol–water partition coefficient (Wildman–Crippen LogP) is 4.80. The largest absolute Gasteiger partial charge is 0.431 e. The van der Waals surface area contributed by atoms with Crippen molar-refractivity contribution in [3.63, 3.8) is 0 Å². The number of hydrogen-bond acceptors (Lipinski definition) is 10. The van der Waals surface area contributed by atoms with E-state index < -0.39 is 70.3 Å². The molecule has 0 spiro atoms. The molecule has 50 heavy (non-hydrogen) atoms. The van der Waals surface area contributed by atoms with Crippen LogP contribution in [0.15, 0.2) is 57.9 Å². The number of carbonyl (C=O) groups is 1. The topological polar surface area (TPSA) is 145 Å². The van der Waals surface area contributed by atoms with E-state index in [9.17, 15) is 24.9 Å². The smallest absolute Gasteiger partial charge is 0.335 e. The van der Waals surface area contributed by atoms with Crippen LogP contribution in [0.25, 0.3) is 0 Å². The van der Waals surface area contributed by atoms with Gasteiger partial charge in [-0.3, -0.25) is 0 Å². The van der Waals surface area contributed by atoms with Crippen LogP contribution in [-0.4, -0.2) is 75.4 Å². The van der Waals surface area contributed by atoms with Crippen molar-refractivity contribution in [1.82, 2.24) is 0 Å². The Bertz CT molecular complexity index is 1610. The number of aliphatic hydroxyl groups is 3. The first-order valence-corrected chi connectivity index (χ1v) is 18.8. The van der Waals surface area contributed by atoms with Gasteiger partial charge in [0.15, 0.2) is 12.1 Å². The zero-order valence-electron chi connectivity index (χ0n) is 29.4. The van der Waals surface area contributed by atoms with Gasteiger partial charge >= 0.3 is 5.63 Å². The summed E-state index contributed by atoms with van der Waals surface area (Å²) in [6.45, 7) is 5.97. The summed E-state index contributed by atoms with van der Waals surface area (Å²) in [5.41, 5.74) is -2.13. The summed E-state index contributed by atoms with van der Waals surface area (Å²) in [4.78, 5) is 25.0. The summed E-state index contributed by atoms with van der Waals surface area (Å²) < 4.78 is 31.3. The van der Waals surface area contributed by atoms with E-state index in [4.69, 9.17) is 23.4 Å². The maximum atomic E-state index is 13.3. The lowest BCUT2D eigenvalue weighted by Crippen LogP contribution is -2.69. The minimum atomic E-state index is -1.30. The van der Waals surface area contributed by atoms with E-state index in [0.29, 0.717) is 51.4 Å². The van der Waals surface area contributed by atoms with Gasteiger partial charge < -0.3 is 43.5 Å². The lowest BCUT2D eigenvalue weighted by Gasteiger charge is -2.65. The Kier molecular flexibility index (Phi) is 8.54. The number of ether oxygens (including phenoxy) is 4. The number of aliphatic hydroxyl groups excluding tert-OH is 1. The van der Waals surface area contributed by atoms with Crippen LogP contribution >= 0.6 is 0 Å². The second-order valence-corrected chi connectivity index (χ2v) is 16.6. The highest BCUT2D eigenvalue weighted by molar-refractivity contribution is 5.64. The summed E-state index contributed by atoms with van der Waals surface area (Å²) in [6, 6.07) is 13.3. The van der Waals surface area contributed by atoms with E-state index in [2.05, 4.69) is 6.92 Å². The van der Waals surface area contributed by atoms with Crippen molar-refractivity contribution in [3.05, 3.63) is 70.3 Å². The molecule has 0 amide bonds. The Balaban J connectivity index is 1.00. The molecule has 14 atom stereocenters. The van der Waals surface area contributed by atoms with Gasteiger partial charge in [-0.2, -0.15) is 0 Å². The molecule has 1 aromatic heterocycles. The van der Waals surface area contributed by atoms with Gasteiger partial charge in [0.25, 0.3) is 0 Å². The van der Waals surface area contributed by atoms with Crippen LogP contribution in [0.5, 0.6) is 0 Å². The summed E-state index contributed by atoms with van der Waals surface area (Å²) in [7, 11) is 0. The molecule has 3 heterocycles. The third-order valence-electron chi connectivity index (χ3n) is 14.5. The minimum Gasteiger partial charge on any atom is -0.431 e. The van der Waals surface area contributed by atoms with Crippen LogP contribution in [0, 0.1) is 22.7 Å². The summed E-state index contributed by atoms with van der Waals surface area (Å²) in [6.07, 6.45) is 4.74. The van der Waals surface area contributed by atoms with Gasteiger partial charge in [0.1, 0.15) is 24.6 Å². The molecule has 14 unspecified atom stereocenters. The second-order valence-electron chi connectivity index (χ2n) is 16.6. The summed E-state index contributed by atoms with van der Waals surface area (Å²) in [5, 5.41) is 36.3. The summed E-state index contributed by atoms with van der Waals surface area (Å²) >= 11 is 0. The standard InChI is InChI=1S/C40H52O10/c1-4-39(20-25-8-6-5-7-9-25)49-33-32(43)24(2)47-35(34(33)50-39)48-27-12-17-37(23-41)29-13-16-36(3)28(26-10-11-31(42)46-22-26)15-19-40(36,45)30(29)14-18-38(37,44)21-27/h5-11,22-24,27-30,32-35,43-45H,4,12-21H2,1-3H3. The zero-order valence-corrected chi connectivity index (χ0v) is 29.4. The fourth-order valence-corrected chi connectivity index (χ4v) is 11.7. The molecule has 4 aliphatic carbocycles. The van der Waals surface area contributed by atoms with Crippen molar-refractivity contribution in [1.29, 1.82) is 0 Å². The molecule has 2 aromatic rings. The normalized spacial score (nSPS) is 48.2. The monoisotopic (exact) mass is 692 g/mol. The highest BCUT2D eigenvalue weighted by atomic mass is 16.8. The molecule has 2 saturated heterocycles. The molecule has 10 nitrogen and oxygen atoms in total. The van der Waals surface area contributed by atoms with Crippen LogP contribution in [0.3, 0.4) is 0 Å². The molecule has 3 N–H and O–H groups in total. The number of rotatable bonds is 7. The molecular formula is C40H52O10. The Morgan fingerprint density at radius 3 is 2.42 bits per heavy atom. The first-order chi connectivity index (χ1) is 23.9. The molecule has 6 fully saturated rings. The number of hydrogen-bond donors (Lipinski definition) is 3. The van der Waals surface area contributed by atoms with Gasteiger partial charge in [-0.1, -0.05) is 44.2 Å².